The Morgan fingerprint density at radius 3 is 2.92 bits per heavy atom. The van der Waals surface area contributed by atoms with E-state index < -0.39 is 0 Å². The van der Waals surface area contributed by atoms with Gasteiger partial charge < -0.3 is 19.5 Å². The highest BCUT2D eigenvalue weighted by Gasteiger charge is 2.18. The van der Waals surface area contributed by atoms with E-state index >= 15 is 0 Å². The van der Waals surface area contributed by atoms with E-state index in [0.29, 0.717) is 37.6 Å². The highest BCUT2D eigenvalue weighted by atomic mass is 32.1. The molecule has 2 rings (SSSR count). The summed E-state index contributed by atoms with van der Waals surface area (Å²) in [5, 5.41) is 8.27. The zero-order valence-corrected chi connectivity index (χ0v) is 14.6. The number of nitrogens with one attached hydrogen (secondary N) is 1. The molecule has 24 heavy (non-hydrogen) atoms. The Labute approximate surface area is 144 Å². The minimum absolute atomic E-state index is 0.0279. The van der Waals surface area contributed by atoms with Crippen LogP contribution in [0.3, 0.4) is 0 Å². The fourth-order valence-electron chi connectivity index (χ4n) is 2.15. The quantitative estimate of drug-likeness (QED) is 0.699. The molecule has 0 saturated carbocycles. The SMILES string of the molecule is COCCCN(CC(=O)Nc1cc(C)on1)C(=O)Cc1cccs1. The summed E-state index contributed by atoms with van der Waals surface area (Å²) in [6, 6.07) is 5.44. The summed E-state index contributed by atoms with van der Waals surface area (Å²) >= 11 is 1.53. The van der Waals surface area contributed by atoms with Crippen molar-refractivity contribution >= 4 is 29.0 Å². The average molecular weight is 351 g/mol. The molecule has 2 amide bonds. The highest BCUT2D eigenvalue weighted by molar-refractivity contribution is 7.10. The number of amides is 2. The molecule has 0 unspecified atom stereocenters. The molecule has 0 radical (unpaired) electrons. The molecule has 0 atom stereocenters. The number of aromatic nitrogens is 1. The van der Waals surface area contributed by atoms with Crippen molar-refractivity contribution in [2.24, 2.45) is 0 Å². The van der Waals surface area contributed by atoms with Crippen LogP contribution in [0.2, 0.25) is 0 Å². The second kappa shape index (κ2) is 9.19. The van der Waals surface area contributed by atoms with Crippen LogP contribution in [0.15, 0.2) is 28.1 Å². The number of carbonyl (C=O) groups is 2. The summed E-state index contributed by atoms with van der Waals surface area (Å²) in [6.45, 7) is 2.71. The highest BCUT2D eigenvalue weighted by Crippen LogP contribution is 2.12. The lowest BCUT2D eigenvalue weighted by Gasteiger charge is -2.21. The van der Waals surface area contributed by atoms with Crippen LogP contribution in [0.25, 0.3) is 0 Å². The third-order valence-electron chi connectivity index (χ3n) is 3.26. The van der Waals surface area contributed by atoms with Crippen LogP contribution < -0.4 is 5.32 Å². The van der Waals surface area contributed by atoms with Gasteiger partial charge in [-0.1, -0.05) is 11.2 Å². The van der Waals surface area contributed by atoms with Crippen LogP contribution in [-0.4, -0.2) is 48.7 Å². The number of nitrogens with zero attached hydrogens (tertiary/aromatic N) is 2. The number of carbonyl (C=O) groups excluding carboxylic acids is 2. The maximum Gasteiger partial charge on any atom is 0.245 e. The predicted octanol–water partition coefficient (Wildman–Crippen LogP) is 2.09. The van der Waals surface area contributed by atoms with E-state index in [1.165, 1.54) is 11.3 Å². The first-order chi connectivity index (χ1) is 11.6. The summed E-state index contributed by atoms with van der Waals surface area (Å²) in [7, 11) is 1.61. The van der Waals surface area contributed by atoms with E-state index in [9.17, 15) is 9.59 Å². The van der Waals surface area contributed by atoms with Crippen molar-refractivity contribution in [2.45, 2.75) is 19.8 Å². The monoisotopic (exact) mass is 351 g/mol. The van der Waals surface area contributed by atoms with Gasteiger partial charge in [-0.25, -0.2) is 0 Å². The summed E-state index contributed by atoms with van der Waals surface area (Å²) in [4.78, 5) is 27.1. The maximum absolute atomic E-state index is 12.5. The van der Waals surface area contributed by atoms with Gasteiger partial charge in [-0.05, 0) is 24.8 Å². The number of aryl methyl sites for hydroxylation is 1. The molecule has 130 valence electrons. The van der Waals surface area contributed by atoms with Crippen LogP contribution in [0.1, 0.15) is 17.1 Å². The molecule has 0 aromatic carbocycles. The van der Waals surface area contributed by atoms with Crippen molar-refractivity contribution in [3.05, 3.63) is 34.2 Å². The molecule has 0 aliphatic heterocycles. The predicted molar refractivity (Wildman–Crippen MR) is 91.0 cm³/mol. The van der Waals surface area contributed by atoms with Gasteiger partial charge in [-0.2, -0.15) is 0 Å². The lowest BCUT2D eigenvalue weighted by molar-refractivity contribution is -0.134. The minimum atomic E-state index is -0.305. The lowest BCUT2D eigenvalue weighted by atomic mass is 10.2. The van der Waals surface area contributed by atoms with E-state index in [1.807, 2.05) is 17.5 Å². The zero-order valence-electron chi connectivity index (χ0n) is 13.8. The number of thiophene rings is 1. The Bertz CT molecular complexity index is 654. The molecule has 2 heterocycles. The van der Waals surface area contributed by atoms with Gasteiger partial charge >= 0.3 is 0 Å². The summed E-state index contributed by atoms with van der Waals surface area (Å²) in [5.41, 5.74) is 0. The van der Waals surface area contributed by atoms with Crippen LogP contribution >= 0.6 is 11.3 Å². The van der Waals surface area contributed by atoms with Gasteiger partial charge in [0.2, 0.25) is 11.8 Å². The van der Waals surface area contributed by atoms with Gasteiger partial charge in [-0.3, -0.25) is 9.59 Å². The van der Waals surface area contributed by atoms with Gasteiger partial charge in [0.1, 0.15) is 5.76 Å². The van der Waals surface area contributed by atoms with E-state index in [0.717, 1.165) is 4.88 Å². The molecule has 2 aromatic heterocycles. The second-order valence-corrected chi connectivity index (χ2v) is 6.32. The molecule has 0 fully saturated rings. The van der Waals surface area contributed by atoms with Crippen molar-refractivity contribution in [3.63, 3.8) is 0 Å². The van der Waals surface area contributed by atoms with E-state index in [-0.39, 0.29) is 18.4 Å². The van der Waals surface area contributed by atoms with Gasteiger partial charge in [0.15, 0.2) is 5.82 Å². The van der Waals surface area contributed by atoms with E-state index in [4.69, 9.17) is 9.26 Å². The standard InChI is InChI=1S/C16H21N3O4S/c1-12-9-14(18-23-12)17-15(20)11-19(6-4-7-22-2)16(21)10-13-5-3-8-24-13/h3,5,8-9H,4,6-7,10-11H2,1-2H3,(H,17,18,20). The molecule has 0 saturated heterocycles. The number of anilines is 1. The largest absolute Gasteiger partial charge is 0.385 e. The number of hydrogen-bond donors (Lipinski definition) is 1. The van der Waals surface area contributed by atoms with Crippen molar-refractivity contribution < 1.29 is 18.8 Å². The molecule has 0 bridgehead atoms. The fraction of sp³-hybridized carbons (Fsp3) is 0.438. The number of ether oxygens (including phenoxy) is 1. The van der Waals surface area contributed by atoms with Crippen molar-refractivity contribution in [2.75, 3.05) is 32.1 Å². The minimum Gasteiger partial charge on any atom is -0.385 e. The second-order valence-electron chi connectivity index (χ2n) is 5.29. The number of hydrogen-bond acceptors (Lipinski definition) is 6. The number of rotatable bonds is 9. The van der Waals surface area contributed by atoms with Crippen molar-refractivity contribution in [1.29, 1.82) is 0 Å². The topological polar surface area (TPSA) is 84.7 Å². The Morgan fingerprint density at radius 1 is 1.46 bits per heavy atom. The molecule has 7 nitrogen and oxygen atoms in total. The van der Waals surface area contributed by atoms with Crippen LogP contribution in [0.5, 0.6) is 0 Å². The Balaban J connectivity index is 1.93. The molecular formula is C16H21N3O4S. The molecular weight excluding hydrogens is 330 g/mol. The fourth-order valence-corrected chi connectivity index (χ4v) is 2.84. The first-order valence-corrected chi connectivity index (χ1v) is 8.48. The van der Waals surface area contributed by atoms with Gasteiger partial charge in [0.05, 0.1) is 13.0 Å². The third-order valence-corrected chi connectivity index (χ3v) is 4.14. The molecule has 8 heteroatoms. The van der Waals surface area contributed by atoms with Crippen LogP contribution in [0.4, 0.5) is 5.82 Å². The van der Waals surface area contributed by atoms with E-state index in [2.05, 4.69) is 10.5 Å². The van der Waals surface area contributed by atoms with Gasteiger partial charge in [-0.15, -0.1) is 11.3 Å². The molecule has 0 spiro atoms. The van der Waals surface area contributed by atoms with Crippen molar-refractivity contribution in [3.8, 4) is 0 Å². The number of methoxy groups -OCH3 is 1. The molecule has 1 N–H and O–H groups in total. The summed E-state index contributed by atoms with van der Waals surface area (Å²) < 4.78 is 9.93. The van der Waals surface area contributed by atoms with Crippen LogP contribution in [0, 0.1) is 6.92 Å². The van der Waals surface area contributed by atoms with Gasteiger partial charge in [0.25, 0.3) is 0 Å². The normalized spacial score (nSPS) is 10.6. The Kier molecular flexibility index (Phi) is 6.95. The first-order valence-electron chi connectivity index (χ1n) is 7.60. The molecule has 2 aromatic rings. The lowest BCUT2D eigenvalue weighted by Crippen LogP contribution is -2.39. The molecule has 0 aliphatic carbocycles. The maximum atomic E-state index is 12.5. The Hall–Kier alpha value is -2.19. The Morgan fingerprint density at radius 2 is 2.29 bits per heavy atom. The summed E-state index contributed by atoms with van der Waals surface area (Å²) in [5.74, 6) is 0.566. The third kappa shape index (κ3) is 5.78. The zero-order chi connectivity index (χ0) is 17.4. The van der Waals surface area contributed by atoms with E-state index in [1.54, 1.807) is 25.0 Å². The summed E-state index contributed by atoms with van der Waals surface area (Å²) in [6.07, 6.45) is 0.962. The van der Waals surface area contributed by atoms with Crippen molar-refractivity contribution in [1.82, 2.24) is 10.1 Å². The average Bonchev–Trinajstić information content (AvgIpc) is 3.18. The van der Waals surface area contributed by atoms with Crippen LogP contribution in [-0.2, 0) is 20.7 Å². The molecule has 0 aliphatic rings. The smallest absolute Gasteiger partial charge is 0.245 e. The first kappa shape index (κ1) is 18.2. The van der Waals surface area contributed by atoms with Gasteiger partial charge in [0, 0.05) is 31.2 Å².